The van der Waals surface area contributed by atoms with Crippen LogP contribution < -0.4 is 5.32 Å². The van der Waals surface area contributed by atoms with E-state index >= 15 is 0 Å². The van der Waals surface area contributed by atoms with Crippen molar-refractivity contribution in [1.82, 2.24) is 0 Å². The van der Waals surface area contributed by atoms with Gasteiger partial charge in [0.15, 0.2) is 0 Å². The van der Waals surface area contributed by atoms with Gasteiger partial charge < -0.3 is 5.32 Å². The number of nitrogens with one attached hydrogen (secondary N) is 1. The van der Waals surface area contributed by atoms with Gasteiger partial charge in [-0.05, 0) is 43.2 Å². The van der Waals surface area contributed by atoms with Gasteiger partial charge in [0.25, 0.3) is 0 Å². The first-order valence-electron chi connectivity index (χ1n) is 6.10. The molecule has 0 aliphatic heterocycles. The summed E-state index contributed by atoms with van der Waals surface area (Å²) >= 11 is 0. The summed E-state index contributed by atoms with van der Waals surface area (Å²) in [5, 5.41) is 11.9. The first-order chi connectivity index (χ1) is 9.11. The lowest BCUT2D eigenvalue weighted by Gasteiger charge is -2.12. The van der Waals surface area contributed by atoms with Crippen molar-refractivity contribution in [3.05, 3.63) is 64.5 Å². The predicted molar refractivity (Wildman–Crippen MR) is 74.4 cm³/mol. The molecule has 0 aliphatic carbocycles. The van der Waals surface area contributed by atoms with E-state index in [-0.39, 0.29) is 5.82 Å². The number of nitriles is 1. The molecule has 0 saturated carbocycles. The van der Waals surface area contributed by atoms with Crippen molar-refractivity contribution in [2.45, 2.75) is 20.4 Å². The second kappa shape index (κ2) is 5.53. The zero-order valence-corrected chi connectivity index (χ0v) is 11.0. The van der Waals surface area contributed by atoms with Crippen LogP contribution in [0.3, 0.4) is 0 Å². The summed E-state index contributed by atoms with van der Waals surface area (Å²) in [6.45, 7) is 4.48. The SMILES string of the molecule is Cc1cccc(NCc2ccc(C#N)cc2F)c1C. The Morgan fingerprint density at radius 3 is 2.68 bits per heavy atom. The van der Waals surface area contributed by atoms with E-state index in [0.29, 0.717) is 17.7 Å². The molecular formula is C16H15FN2. The largest absolute Gasteiger partial charge is 0.381 e. The summed E-state index contributed by atoms with van der Waals surface area (Å²) < 4.78 is 13.7. The number of hydrogen-bond donors (Lipinski definition) is 1. The Morgan fingerprint density at radius 2 is 2.00 bits per heavy atom. The molecule has 2 rings (SSSR count). The fourth-order valence-corrected chi connectivity index (χ4v) is 1.89. The summed E-state index contributed by atoms with van der Waals surface area (Å²) in [6.07, 6.45) is 0. The number of halogens is 1. The van der Waals surface area contributed by atoms with Crippen LogP contribution in [-0.4, -0.2) is 0 Å². The van der Waals surface area contributed by atoms with E-state index in [2.05, 4.69) is 5.32 Å². The highest BCUT2D eigenvalue weighted by atomic mass is 19.1. The molecule has 2 aromatic carbocycles. The van der Waals surface area contributed by atoms with E-state index < -0.39 is 0 Å². The minimum Gasteiger partial charge on any atom is -0.381 e. The van der Waals surface area contributed by atoms with Crippen molar-refractivity contribution in [2.24, 2.45) is 0 Å². The summed E-state index contributed by atoms with van der Waals surface area (Å²) in [5.41, 5.74) is 4.26. The third-order valence-corrected chi connectivity index (χ3v) is 3.26. The molecule has 2 aromatic rings. The van der Waals surface area contributed by atoms with Crippen molar-refractivity contribution in [3.63, 3.8) is 0 Å². The third kappa shape index (κ3) is 2.92. The van der Waals surface area contributed by atoms with Crippen molar-refractivity contribution >= 4 is 5.69 Å². The smallest absolute Gasteiger partial charge is 0.129 e. The van der Waals surface area contributed by atoms with Crippen LogP contribution in [-0.2, 0) is 6.54 Å². The molecule has 0 amide bonds. The van der Waals surface area contributed by atoms with Crippen molar-refractivity contribution < 1.29 is 4.39 Å². The Labute approximate surface area is 112 Å². The number of benzene rings is 2. The molecular weight excluding hydrogens is 239 g/mol. The third-order valence-electron chi connectivity index (χ3n) is 3.26. The van der Waals surface area contributed by atoms with Crippen LogP contribution in [0.15, 0.2) is 36.4 Å². The zero-order chi connectivity index (χ0) is 13.8. The minimum absolute atomic E-state index is 0.341. The molecule has 0 bridgehead atoms. The van der Waals surface area contributed by atoms with E-state index in [0.717, 1.165) is 11.3 Å². The highest BCUT2D eigenvalue weighted by molar-refractivity contribution is 5.54. The van der Waals surface area contributed by atoms with Gasteiger partial charge in [-0.15, -0.1) is 0 Å². The molecule has 3 heteroatoms. The maximum Gasteiger partial charge on any atom is 0.129 e. The van der Waals surface area contributed by atoms with E-state index in [1.807, 2.05) is 38.1 Å². The summed E-state index contributed by atoms with van der Waals surface area (Å²) in [4.78, 5) is 0. The molecule has 0 fully saturated rings. The number of anilines is 1. The normalized spacial score (nSPS) is 10.0. The van der Waals surface area contributed by atoms with Crippen molar-refractivity contribution in [1.29, 1.82) is 5.26 Å². The second-order valence-corrected chi connectivity index (χ2v) is 4.52. The fourth-order valence-electron chi connectivity index (χ4n) is 1.89. The van der Waals surface area contributed by atoms with Gasteiger partial charge in [0.2, 0.25) is 0 Å². The van der Waals surface area contributed by atoms with Crippen LogP contribution in [0.25, 0.3) is 0 Å². The molecule has 2 nitrogen and oxygen atoms in total. The average molecular weight is 254 g/mol. The lowest BCUT2D eigenvalue weighted by Crippen LogP contribution is -2.04. The summed E-state index contributed by atoms with van der Waals surface area (Å²) in [5.74, 6) is -0.350. The quantitative estimate of drug-likeness (QED) is 0.900. The van der Waals surface area contributed by atoms with Gasteiger partial charge in [0.1, 0.15) is 5.82 Å². The van der Waals surface area contributed by atoms with E-state index in [1.54, 1.807) is 12.1 Å². The molecule has 0 atom stereocenters. The Bertz CT molecular complexity index is 642. The molecule has 0 aliphatic rings. The maximum absolute atomic E-state index is 13.7. The molecule has 0 heterocycles. The summed E-state index contributed by atoms with van der Waals surface area (Å²) in [7, 11) is 0. The van der Waals surface area contributed by atoms with Gasteiger partial charge in [-0.2, -0.15) is 5.26 Å². The molecule has 96 valence electrons. The van der Waals surface area contributed by atoms with E-state index in [1.165, 1.54) is 11.6 Å². The van der Waals surface area contributed by atoms with Crippen molar-refractivity contribution in [2.75, 3.05) is 5.32 Å². The topological polar surface area (TPSA) is 35.8 Å². The number of aryl methyl sites for hydroxylation is 1. The fraction of sp³-hybridized carbons (Fsp3) is 0.188. The summed E-state index contributed by atoms with van der Waals surface area (Å²) in [6, 6.07) is 12.5. The highest BCUT2D eigenvalue weighted by Crippen LogP contribution is 2.19. The predicted octanol–water partition coefficient (Wildman–Crippen LogP) is 3.93. The number of nitrogens with zero attached hydrogens (tertiary/aromatic N) is 1. The van der Waals surface area contributed by atoms with Crippen LogP contribution in [0.4, 0.5) is 10.1 Å². The van der Waals surface area contributed by atoms with Crippen LogP contribution in [0.2, 0.25) is 0 Å². The second-order valence-electron chi connectivity index (χ2n) is 4.52. The maximum atomic E-state index is 13.7. The molecule has 0 aromatic heterocycles. The van der Waals surface area contributed by atoms with Gasteiger partial charge in [0.05, 0.1) is 11.6 Å². The van der Waals surface area contributed by atoms with Gasteiger partial charge in [-0.25, -0.2) is 4.39 Å². The molecule has 1 N–H and O–H groups in total. The lowest BCUT2D eigenvalue weighted by molar-refractivity contribution is 0.612. The van der Waals surface area contributed by atoms with Gasteiger partial charge in [-0.3, -0.25) is 0 Å². The average Bonchev–Trinajstić information content (AvgIpc) is 2.41. The zero-order valence-electron chi connectivity index (χ0n) is 11.0. The molecule has 0 saturated heterocycles. The minimum atomic E-state index is -0.350. The van der Waals surface area contributed by atoms with Crippen LogP contribution in [0.5, 0.6) is 0 Å². The molecule has 0 spiro atoms. The molecule has 0 radical (unpaired) electrons. The monoisotopic (exact) mass is 254 g/mol. The lowest BCUT2D eigenvalue weighted by atomic mass is 10.1. The van der Waals surface area contributed by atoms with Crippen molar-refractivity contribution in [3.8, 4) is 6.07 Å². The Hall–Kier alpha value is -2.34. The molecule has 0 unspecified atom stereocenters. The standard InChI is InChI=1S/C16H15FN2/c1-11-4-3-5-16(12(11)2)19-10-14-7-6-13(9-18)8-15(14)17/h3-8,19H,10H2,1-2H3. The van der Waals surface area contributed by atoms with Crippen LogP contribution >= 0.6 is 0 Å². The number of rotatable bonds is 3. The van der Waals surface area contributed by atoms with Gasteiger partial charge >= 0.3 is 0 Å². The Kier molecular flexibility index (Phi) is 3.82. The Balaban J connectivity index is 2.15. The van der Waals surface area contributed by atoms with Gasteiger partial charge in [0, 0.05) is 17.8 Å². The van der Waals surface area contributed by atoms with Gasteiger partial charge in [-0.1, -0.05) is 18.2 Å². The first-order valence-corrected chi connectivity index (χ1v) is 6.10. The highest BCUT2D eigenvalue weighted by Gasteiger charge is 2.05. The van der Waals surface area contributed by atoms with E-state index in [9.17, 15) is 4.39 Å². The molecule has 19 heavy (non-hydrogen) atoms. The van der Waals surface area contributed by atoms with Crippen LogP contribution in [0, 0.1) is 31.0 Å². The van der Waals surface area contributed by atoms with E-state index in [4.69, 9.17) is 5.26 Å². The number of hydrogen-bond acceptors (Lipinski definition) is 2. The first kappa shape index (κ1) is 13.1. The van der Waals surface area contributed by atoms with Crippen LogP contribution in [0.1, 0.15) is 22.3 Å². The Morgan fingerprint density at radius 1 is 1.21 bits per heavy atom.